The van der Waals surface area contributed by atoms with Crippen molar-refractivity contribution in [3.05, 3.63) is 24.2 Å². The third kappa shape index (κ3) is 2.80. The van der Waals surface area contributed by atoms with Gasteiger partial charge >= 0.3 is 0 Å². The lowest BCUT2D eigenvalue weighted by molar-refractivity contribution is -0.126. The van der Waals surface area contributed by atoms with Crippen LogP contribution < -0.4 is 5.32 Å². The Morgan fingerprint density at radius 3 is 2.84 bits per heavy atom. The van der Waals surface area contributed by atoms with E-state index in [0.29, 0.717) is 18.2 Å². The van der Waals surface area contributed by atoms with Crippen LogP contribution in [0, 0.1) is 5.92 Å². The van der Waals surface area contributed by atoms with Crippen molar-refractivity contribution in [2.75, 3.05) is 13.1 Å². The second-order valence-corrected chi connectivity index (χ2v) is 5.39. The van der Waals surface area contributed by atoms with Crippen molar-refractivity contribution in [2.24, 2.45) is 5.92 Å². The highest BCUT2D eigenvalue weighted by Crippen LogP contribution is 2.23. The maximum atomic E-state index is 12.2. The molecule has 102 valence electrons. The fourth-order valence-corrected chi connectivity index (χ4v) is 2.49. The quantitative estimate of drug-likeness (QED) is 0.896. The summed E-state index contributed by atoms with van der Waals surface area (Å²) in [7, 11) is 0. The number of piperidine rings is 1. The van der Waals surface area contributed by atoms with E-state index in [2.05, 4.69) is 5.32 Å². The van der Waals surface area contributed by atoms with Gasteiger partial charge in [0.2, 0.25) is 5.91 Å². The van der Waals surface area contributed by atoms with Crippen molar-refractivity contribution >= 4 is 11.8 Å². The largest absolute Gasteiger partial charge is 0.472 e. The summed E-state index contributed by atoms with van der Waals surface area (Å²) in [5, 5.41) is 3.02. The second-order valence-electron chi connectivity index (χ2n) is 5.39. The molecule has 0 aromatic carbocycles. The molecule has 1 atom stereocenters. The summed E-state index contributed by atoms with van der Waals surface area (Å²) in [6.07, 6.45) is 6.89. The number of likely N-dealkylation sites (tertiary alicyclic amines) is 1. The Morgan fingerprint density at radius 2 is 2.16 bits per heavy atom. The van der Waals surface area contributed by atoms with E-state index in [-0.39, 0.29) is 17.7 Å². The van der Waals surface area contributed by atoms with Crippen molar-refractivity contribution in [3.8, 4) is 0 Å². The van der Waals surface area contributed by atoms with Crippen molar-refractivity contribution in [2.45, 2.75) is 31.7 Å². The van der Waals surface area contributed by atoms with Crippen LogP contribution in [0.15, 0.2) is 23.0 Å². The standard InChI is InChI=1S/C14H18N2O3/c17-13(15-12-3-4-12)10-2-1-6-16(8-10)14(18)11-5-7-19-9-11/h5,7,9-10,12H,1-4,6,8H2,(H,15,17). The minimum atomic E-state index is -0.0646. The van der Waals surface area contributed by atoms with Gasteiger partial charge in [0.15, 0.2) is 0 Å². The molecule has 1 aromatic heterocycles. The van der Waals surface area contributed by atoms with Gasteiger partial charge in [-0.15, -0.1) is 0 Å². The fourth-order valence-electron chi connectivity index (χ4n) is 2.49. The van der Waals surface area contributed by atoms with Gasteiger partial charge in [0.25, 0.3) is 5.91 Å². The molecule has 2 aliphatic rings. The van der Waals surface area contributed by atoms with Crippen LogP contribution in [0.5, 0.6) is 0 Å². The molecule has 0 radical (unpaired) electrons. The third-order valence-corrected chi connectivity index (χ3v) is 3.77. The van der Waals surface area contributed by atoms with Crippen molar-refractivity contribution < 1.29 is 14.0 Å². The maximum Gasteiger partial charge on any atom is 0.257 e. The Balaban J connectivity index is 1.60. The van der Waals surface area contributed by atoms with Gasteiger partial charge in [0, 0.05) is 19.1 Å². The van der Waals surface area contributed by atoms with Crippen LogP contribution in [0.2, 0.25) is 0 Å². The van der Waals surface area contributed by atoms with E-state index in [0.717, 1.165) is 32.2 Å². The molecule has 1 saturated carbocycles. The molecule has 1 saturated heterocycles. The number of nitrogens with one attached hydrogen (secondary N) is 1. The van der Waals surface area contributed by atoms with Gasteiger partial charge in [-0.3, -0.25) is 9.59 Å². The molecule has 1 N–H and O–H groups in total. The molecule has 0 spiro atoms. The molecular formula is C14H18N2O3. The average molecular weight is 262 g/mol. The molecule has 5 nitrogen and oxygen atoms in total. The van der Waals surface area contributed by atoms with E-state index in [4.69, 9.17) is 4.42 Å². The summed E-state index contributed by atoms with van der Waals surface area (Å²) < 4.78 is 4.93. The van der Waals surface area contributed by atoms with Crippen LogP contribution in [0.1, 0.15) is 36.0 Å². The minimum Gasteiger partial charge on any atom is -0.472 e. The predicted octanol–water partition coefficient (Wildman–Crippen LogP) is 1.41. The van der Waals surface area contributed by atoms with Gasteiger partial charge in [-0.25, -0.2) is 0 Å². The zero-order valence-electron chi connectivity index (χ0n) is 10.8. The third-order valence-electron chi connectivity index (χ3n) is 3.77. The van der Waals surface area contributed by atoms with Crippen LogP contribution in [-0.2, 0) is 4.79 Å². The molecule has 19 heavy (non-hydrogen) atoms. The van der Waals surface area contributed by atoms with Crippen LogP contribution in [-0.4, -0.2) is 35.8 Å². The Bertz CT molecular complexity index is 465. The molecule has 3 rings (SSSR count). The molecular weight excluding hydrogens is 244 g/mol. The normalized spacial score (nSPS) is 23.2. The molecule has 1 aliphatic carbocycles. The Hall–Kier alpha value is -1.78. The van der Waals surface area contributed by atoms with Gasteiger partial charge < -0.3 is 14.6 Å². The van der Waals surface area contributed by atoms with Crippen LogP contribution in [0.4, 0.5) is 0 Å². The molecule has 1 unspecified atom stereocenters. The van der Waals surface area contributed by atoms with Gasteiger partial charge in [0.1, 0.15) is 6.26 Å². The van der Waals surface area contributed by atoms with E-state index in [1.54, 1.807) is 11.0 Å². The van der Waals surface area contributed by atoms with Crippen LogP contribution >= 0.6 is 0 Å². The second kappa shape index (κ2) is 5.07. The first-order valence-electron chi connectivity index (χ1n) is 6.86. The van der Waals surface area contributed by atoms with Gasteiger partial charge in [0.05, 0.1) is 17.7 Å². The number of rotatable bonds is 3. The predicted molar refractivity (Wildman–Crippen MR) is 68.5 cm³/mol. The van der Waals surface area contributed by atoms with Crippen molar-refractivity contribution in [3.63, 3.8) is 0 Å². The number of furan rings is 1. The van der Waals surface area contributed by atoms with Gasteiger partial charge in [-0.05, 0) is 31.7 Å². The fraction of sp³-hybridized carbons (Fsp3) is 0.571. The molecule has 1 aliphatic heterocycles. The highest BCUT2D eigenvalue weighted by Gasteiger charge is 2.32. The monoisotopic (exact) mass is 262 g/mol. The number of amides is 2. The van der Waals surface area contributed by atoms with Crippen molar-refractivity contribution in [1.29, 1.82) is 0 Å². The Labute approximate surface area is 111 Å². The number of carbonyl (C=O) groups is 2. The smallest absolute Gasteiger partial charge is 0.257 e. The average Bonchev–Trinajstić information content (AvgIpc) is 3.08. The highest BCUT2D eigenvalue weighted by molar-refractivity contribution is 5.94. The molecule has 1 aromatic rings. The molecule has 2 heterocycles. The first-order valence-corrected chi connectivity index (χ1v) is 6.86. The number of nitrogens with zero attached hydrogens (tertiary/aromatic N) is 1. The van der Waals surface area contributed by atoms with E-state index in [1.165, 1.54) is 12.5 Å². The first kappa shape index (κ1) is 12.3. The minimum absolute atomic E-state index is 0.0438. The lowest BCUT2D eigenvalue weighted by Gasteiger charge is -2.31. The Kier molecular flexibility index (Phi) is 3.27. The summed E-state index contributed by atoms with van der Waals surface area (Å²) in [6, 6.07) is 2.04. The first-order chi connectivity index (χ1) is 9.24. The Morgan fingerprint density at radius 1 is 1.32 bits per heavy atom. The zero-order chi connectivity index (χ0) is 13.2. The molecule has 2 amide bonds. The van der Waals surface area contributed by atoms with E-state index in [9.17, 15) is 9.59 Å². The lowest BCUT2D eigenvalue weighted by Crippen LogP contribution is -2.45. The van der Waals surface area contributed by atoms with Gasteiger partial charge in [-0.1, -0.05) is 0 Å². The SMILES string of the molecule is O=C(NC1CC1)C1CCCN(C(=O)c2ccoc2)C1. The summed E-state index contributed by atoms with van der Waals surface area (Å²) in [5.41, 5.74) is 0.559. The maximum absolute atomic E-state index is 12.2. The summed E-state index contributed by atoms with van der Waals surface area (Å²) in [5.74, 6) is -0.00457. The zero-order valence-corrected chi connectivity index (χ0v) is 10.8. The van der Waals surface area contributed by atoms with E-state index in [1.807, 2.05) is 0 Å². The summed E-state index contributed by atoms with van der Waals surface area (Å²) in [4.78, 5) is 26.0. The van der Waals surface area contributed by atoms with Gasteiger partial charge in [-0.2, -0.15) is 0 Å². The van der Waals surface area contributed by atoms with E-state index < -0.39 is 0 Å². The summed E-state index contributed by atoms with van der Waals surface area (Å²) >= 11 is 0. The molecule has 0 bridgehead atoms. The van der Waals surface area contributed by atoms with Crippen molar-refractivity contribution in [1.82, 2.24) is 10.2 Å². The molecule has 5 heteroatoms. The number of hydrogen-bond acceptors (Lipinski definition) is 3. The van der Waals surface area contributed by atoms with Crippen LogP contribution in [0.3, 0.4) is 0 Å². The number of carbonyl (C=O) groups excluding carboxylic acids is 2. The van der Waals surface area contributed by atoms with Crippen LogP contribution in [0.25, 0.3) is 0 Å². The summed E-state index contributed by atoms with van der Waals surface area (Å²) in [6.45, 7) is 1.24. The lowest BCUT2D eigenvalue weighted by atomic mass is 9.96. The topological polar surface area (TPSA) is 62.6 Å². The van der Waals surface area contributed by atoms with E-state index >= 15 is 0 Å². The highest BCUT2D eigenvalue weighted by atomic mass is 16.3. The molecule has 2 fully saturated rings. The number of hydrogen-bond donors (Lipinski definition) is 1.